The van der Waals surface area contributed by atoms with Gasteiger partial charge < -0.3 is 11.1 Å². The number of nitrogens with two attached hydrogens (primary N) is 1. The van der Waals surface area contributed by atoms with E-state index >= 15 is 0 Å². The fourth-order valence-corrected chi connectivity index (χ4v) is 2.49. The van der Waals surface area contributed by atoms with Crippen molar-refractivity contribution in [2.45, 2.75) is 31.2 Å². The van der Waals surface area contributed by atoms with Crippen molar-refractivity contribution in [1.29, 1.82) is 0 Å². The lowest BCUT2D eigenvalue weighted by Crippen LogP contribution is -2.36. The van der Waals surface area contributed by atoms with E-state index in [4.69, 9.17) is 5.73 Å². The van der Waals surface area contributed by atoms with Crippen LogP contribution in [0.25, 0.3) is 0 Å². The Bertz CT molecular complexity index is 599. The highest BCUT2D eigenvalue weighted by atomic mass is 16.2. The number of benzene rings is 1. The molecule has 0 spiro atoms. The molecule has 104 valence electrons. The van der Waals surface area contributed by atoms with Gasteiger partial charge in [0.05, 0.1) is 17.7 Å². The lowest BCUT2D eigenvalue weighted by atomic mass is 9.94. The first-order chi connectivity index (χ1) is 9.62. The number of aromatic amines is 1. The molecule has 1 atom stereocenters. The highest BCUT2D eigenvalue weighted by Crippen LogP contribution is 2.48. The molecule has 5 nitrogen and oxygen atoms in total. The number of nitrogens with zero attached hydrogens (tertiary/aromatic N) is 1. The maximum Gasteiger partial charge on any atom is 0.231 e. The van der Waals surface area contributed by atoms with Crippen molar-refractivity contribution in [3.05, 3.63) is 47.8 Å². The zero-order valence-corrected chi connectivity index (χ0v) is 11.4. The van der Waals surface area contributed by atoms with Crippen molar-refractivity contribution in [2.75, 3.05) is 5.73 Å². The number of nitrogen functional groups attached to an aromatic ring is 1. The van der Waals surface area contributed by atoms with E-state index in [9.17, 15) is 4.79 Å². The second kappa shape index (κ2) is 4.67. The maximum atomic E-state index is 12.5. The van der Waals surface area contributed by atoms with E-state index in [1.807, 2.05) is 31.2 Å². The molecule has 1 aliphatic rings. The highest BCUT2D eigenvalue weighted by molar-refractivity contribution is 5.91. The number of carbonyl (C=O) groups is 1. The summed E-state index contributed by atoms with van der Waals surface area (Å²) in [6.45, 7) is 1.96. The van der Waals surface area contributed by atoms with Crippen LogP contribution in [-0.2, 0) is 10.2 Å². The minimum absolute atomic E-state index is 0.0486. The third-order valence-electron chi connectivity index (χ3n) is 4.01. The summed E-state index contributed by atoms with van der Waals surface area (Å²) >= 11 is 0. The predicted molar refractivity (Wildman–Crippen MR) is 76.9 cm³/mol. The Morgan fingerprint density at radius 3 is 2.65 bits per heavy atom. The van der Waals surface area contributed by atoms with Gasteiger partial charge in [-0.3, -0.25) is 9.89 Å². The van der Waals surface area contributed by atoms with Gasteiger partial charge in [-0.1, -0.05) is 12.1 Å². The molecule has 1 aliphatic carbocycles. The molecule has 20 heavy (non-hydrogen) atoms. The molecule has 1 aromatic heterocycles. The summed E-state index contributed by atoms with van der Waals surface area (Å²) in [5.41, 5.74) is 8.07. The van der Waals surface area contributed by atoms with Gasteiger partial charge in [-0.25, -0.2) is 0 Å². The molecule has 1 fully saturated rings. The minimum Gasteiger partial charge on any atom is -0.399 e. The Balaban J connectivity index is 1.75. The number of nitrogens with one attached hydrogen (secondary N) is 2. The Morgan fingerprint density at radius 1 is 1.40 bits per heavy atom. The molecule has 0 aliphatic heterocycles. The highest BCUT2D eigenvalue weighted by Gasteiger charge is 2.51. The summed E-state index contributed by atoms with van der Waals surface area (Å²) < 4.78 is 0. The third-order valence-corrected chi connectivity index (χ3v) is 4.01. The maximum absolute atomic E-state index is 12.5. The summed E-state index contributed by atoms with van der Waals surface area (Å²) in [7, 11) is 0. The number of aromatic nitrogens is 2. The van der Waals surface area contributed by atoms with Gasteiger partial charge >= 0.3 is 0 Å². The summed E-state index contributed by atoms with van der Waals surface area (Å²) in [5.74, 6) is 0.0796. The molecule has 3 rings (SSSR count). The molecule has 2 aromatic rings. The van der Waals surface area contributed by atoms with Crippen LogP contribution in [0.1, 0.15) is 36.9 Å². The van der Waals surface area contributed by atoms with Gasteiger partial charge in [0.15, 0.2) is 0 Å². The quantitative estimate of drug-likeness (QED) is 0.742. The number of hydrogen-bond acceptors (Lipinski definition) is 3. The summed E-state index contributed by atoms with van der Waals surface area (Å²) in [4.78, 5) is 12.5. The van der Waals surface area contributed by atoms with Crippen molar-refractivity contribution in [3.8, 4) is 0 Å². The van der Waals surface area contributed by atoms with Crippen LogP contribution >= 0.6 is 0 Å². The Morgan fingerprint density at radius 2 is 2.10 bits per heavy atom. The van der Waals surface area contributed by atoms with Gasteiger partial charge in [0.25, 0.3) is 0 Å². The molecule has 1 saturated carbocycles. The molecule has 5 heteroatoms. The topological polar surface area (TPSA) is 83.8 Å². The Kier molecular flexibility index (Phi) is 2.97. The van der Waals surface area contributed by atoms with Gasteiger partial charge in [0.1, 0.15) is 0 Å². The van der Waals surface area contributed by atoms with Crippen LogP contribution in [0, 0.1) is 0 Å². The second-order valence-corrected chi connectivity index (χ2v) is 5.43. The lowest BCUT2D eigenvalue weighted by Gasteiger charge is -2.19. The minimum atomic E-state index is -0.369. The van der Waals surface area contributed by atoms with E-state index in [0.29, 0.717) is 0 Å². The van der Waals surface area contributed by atoms with E-state index < -0.39 is 0 Å². The van der Waals surface area contributed by atoms with Crippen LogP contribution < -0.4 is 11.1 Å². The normalized spacial score (nSPS) is 17.4. The van der Waals surface area contributed by atoms with Crippen LogP contribution in [0.5, 0.6) is 0 Å². The zero-order valence-electron chi connectivity index (χ0n) is 11.4. The molecule has 4 N–H and O–H groups in total. The molecule has 1 heterocycles. The lowest BCUT2D eigenvalue weighted by molar-refractivity contribution is -0.124. The summed E-state index contributed by atoms with van der Waals surface area (Å²) in [6.07, 6.45) is 5.31. The number of amides is 1. The van der Waals surface area contributed by atoms with Crippen LogP contribution in [0.2, 0.25) is 0 Å². The first-order valence-corrected chi connectivity index (χ1v) is 6.77. The van der Waals surface area contributed by atoms with Gasteiger partial charge in [-0.2, -0.15) is 5.10 Å². The standard InChI is InChI=1S/C15H18N4O/c1-10(11-8-17-18-9-11)19-14(20)15(6-7-15)12-2-4-13(16)5-3-12/h2-5,8-10H,6-7,16H2,1H3,(H,17,18)(H,19,20). The monoisotopic (exact) mass is 270 g/mol. The molecule has 1 aromatic carbocycles. The fraction of sp³-hybridized carbons (Fsp3) is 0.333. The van der Waals surface area contributed by atoms with Crippen molar-refractivity contribution in [3.63, 3.8) is 0 Å². The van der Waals surface area contributed by atoms with E-state index in [1.165, 1.54) is 0 Å². The van der Waals surface area contributed by atoms with Crippen molar-refractivity contribution < 1.29 is 4.79 Å². The molecular formula is C15H18N4O. The van der Waals surface area contributed by atoms with E-state index in [0.717, 1.165) is 29.7 Å². The number of carbonyl (C=O) groups excluding carboxylic acids is 1. The van der Waals surface area contributed by atoms with Crippen LogP contribution in [0.3, 0.4) is 0 Å². The Hall–Kier alpha value is -2.30. The van der Waals surface area contributed by atoms with Gasteiger partial charge in [-0.05, 0) is 37.5 Å². The first kappa shape index (κ1) is 12.7. The van der Waals surface area contributed by atoms with Crippen LogP contribution in [-0.4, -0.2) is 16.1 Å². The van der Waals surface area contributed by atoms with Gasteiger partial charge in [0, 0.05) is 17.4 Å². The van der Waals surface area contributed by atoms with E-state index in [2.05, 4.69) is 15.5 Å². The summed E-state index contributed by atoms with van der Waals surface area (Å²) in [6, 6.07) is 7.55. The van der Waals surface area contributed by atoms with E-state index in [1.54, 1.807) is 12.4 Å². The van der Waals surface area contributed by atoms with Crippen LogP contribution in [0.15, 0.2) is 36.7 Å². The summed E-state index contributed by atoms with van der Waals surface area (Å²) in [5, 5.41) is 9.73. The number of anilines is 1. The van der Waals surface area contributed by atoms with E-state index in [-0.39, 0.29) is 17.4 Å². The molecule has 0 radical (unpaired) electrons. The zero-order chi connectivity index (χ0) is 14.2. The van der Waals surface area contributed by atoms with Gasteiger partial charge in [0.2, 0.25) is 5.91 Å². The molecule has 0 bridgehead atoms. The third kappa shape index (κ3) is 2.15. The predicted octanol–water partition coefficient (Wildman–Crippen LogP) is 1.90. The first-order valence-electron chi connectivity index (χ1n) is 6.77. The van der Waals surface area contributed by atoms with Crippen molar-refractivity contribution in [1.82, 2.24) is 15.5 Å². The molecule has 0 saturated heterocycles. The number of hydrogen-bond donors (Lipinski definition) is 3. The smallest absolute Gasteiger partial charge is 0.231 e. The second-order valence-electron chi connectivity index (χ2n) is 5.43. The van der Waals surface area contributed by atoms with Crippen LogP contribution in [0.4, 0.5) is 5.69 Å². The Labute approximate surface area is 117 Å². The number of rotatable bonds is 4. The fourth-order valence-electron chi connectivity index (χ4n) is 2.49. The number of H-pyrrole nitrogens is 1. The van der Waals surface area contributed by atoms with Crippen molar-refractivity contribution in [2.24, 2.45) is 0 Å². The largest absolute Gasteiger partial charge is 0.399 e. The molecule has 1 unspecified atom stereocenters. The average molecular weight is 270 g/mol. The average Bonchev–Trinajstić information content (AvgIpc) is 3.06. The van der Waals surface area contributed by atoms with Gasteiger partial charge in [-0.15, -0.1) is 0 Å². The van der Waals surface area contributed by atoms with Crippen molar-refractivity contribution >= 4 is 11.6 Å². The SMILES string of the molecule is CC(NC(=O)C1(c2ccc(N)cc2)CC1)c1cn[nH]c1. The molecular weight excluding hydrogens is 252 g/mol. The molecule has 1 amide bonds.